The third kappa shape index (κ3) is 2.86. The number of hydrogen-bond donors (Lipinski definition) is 0. The normalized spacial score (nSPS) is 24.1. The molecule has 0 aromatic heterocycles. The van der Waals surface area contributed by atoms with Crippen LogP contribution < -0.4 is 0 Å². The number of hydrogen-bond acceptors (Lipinski definition) is 1. The molecule has 0 radical (unpaired) electrons. The molecule has 2 unspecified atom stereocenters. The third-order valence-corrected chi connectivity index (χ3v) is 4.90. The van der Waals surface area contributed by atoms with Crippen molar-refractivity contribution in [3.63, 3.8) is 0 Å². The summed E-state index contributed by atoms with van der Waals surface area (Å²) in [7, 11) is 0. The molecule has 0 spiro atoms. The van der Waals surface area contributed by atoms with Crippen LogP contribution in [0.25, 0.3) is 0 Å². The molecule has 1 aromatic rings. The Morgan fingerprint density at radius 2 is 2.28 bits per heavy atom. The number of halogens is 3. The van der Waals surface area contributed by atoms with Crippen LogP contribution in [-0.4, -0.2) is 28.7 Å². The zero-order valence-corrected chi connectivity index (χ0v) is 12.3. The molecule has 1 aromatic carbocycles. The first-order chi connectivity index (χ1) is 8.49. The van der Waals surface area contributed by atoms with Crippen molar-refractivity contribution in [3.8, 4) is 0 Å². The van der Waals surface area contributed by atoms with E-state index < -0.39 is 5.82 Å². The molecule has 2 atom stereocenters. The van der Waals surface area contributed by atoms with Crippen LogP contribution in [0.15, 0.2) is 18.2 Å². The second-order valence-electron chi connectivity index (χ2n) is 4.66. The minimum absolute atomic E-state index is 0.00993. The Morgan fingerprint density at radius 1 is 1.56 bits per heavy atom. The van der Waals surface area contributed by atoms with Gasteiger partial charge in [-0.1, -0.05) is 34.5 Å². The number of rotatable bonds is 1. The molecule has 1 aliphatic heterocycles. The molecule has 5 heteroatoms. The highest BCUT2D eigenvalue weighted by molar-refractivity contribution is 9.09. The Kier molecular flexibility index (Phi) is 4.28. The molecule has 2 rings (SSSR count). The van der Waals surface area contributed by atoms with Crippen molar-refractivity contribution in [1.29, 1.82) is 0 Å². The van der Waals surface area contributed by atoms with E-state index in [0.717, 1.165) is 6.42 Å². The van der Waals surface area contributed by atoms with E-state index in [1.165, 1.54) is 18.2 Å². The van der Waals surface area contributed by atoms with Gasteiger partial charge in [-0.05, 0) is 30.5 Å². The predicted molar refractivity (Wildman–Crippen MR) is 73.8 cm³/mol. The number of benzene rings is 1. The van der Waals surface area contributed by atoms with Crippen LogP contribution in [0, 0.1) is 11.7 Å². The SMILES string of the molecule is CC1CN(C(=O)c2ccc(F)c(Cl)c2)CCC1Br. The lowest BCUT2D eigenvalue weighted by Gasteiger charge is -2.34. The van der Waals surface area contributed by atoms with E-state index >= 15 is 0 Å². The summed E-state index contributed by atoms with van der Waals surface area (Å²) in [4.78, 5) is 14.5. The summed E-state index contributed by atoms with van der Waals surface area (Å²) in [5.74, 6) is -0.164. The van der Waals surface area contributed by atoms with Crippen molar-refractivity contribution in [2.24, 2.45) is 5.92 Å². The van der Waals surface area contributed by atoms with E-state index in [1.807, 2.05) is 0 Å². The highest BCUT2D eigenvalue weighted by atomic mass is 79.9. The molecule has 0 N–H and O–H groups in total. The Morgan fingerprint density at radius 3 is 2.89 bits per heavy atom. The number of alkyl halides is 1. The van der Waals surface area contributed by atoms with Crippen LogP contribution >= 0.6 is 27.5 Å². The van der Waals surface area contributed by atoms with E-state index in [4.69, 9.17) is 11.6 Å². The maximum absolute atomic E-state index is 13.1. The Balaban J connectivity index is 2.14. The maximum atomic E-state index is 13.1. The number of likely N-dealkylation sites (tertiary alicyclic amines) is 1. The van der Waals surface area contributed by atoms with Crippen molar-refractivity contribution < 1.29 is 9.18 Å². The lowest BCUT2D eigenvalue weighted by Crippen LogP contribution is -2.43. The Labute approximate surface area is 119 Å². The molecular formula is C13H14BrClFNO. The average Bonchev–Trinajstić information content (AvgIpc) is 2.35. The van der Waals surface area contributed by atoms with Crippen LogP contribution in [-0.2, 0) is 0 Å². The minimum atomic E-state index is -0.499. The first-order valence-corrected chi connectivity index (χ1v) is 7.17. The summed E-state index contributed by atoms with van der Waals surface area (Å²) in [6.07, 6.45) is 0.932. The molecule has 0 bridgehead atoms. The number of carbonyl (C=O) groups is 1. The summed E-state index contributed by atoms with van der Waals surface area (Å²) in [5.41, 5.74) is 0.446. The molecule has 98 valence electrons. The van der Waals surface area contributed by atoms with Gasteiger partial charge in [-0.15, -0.1) is 0 Å². The average molecular weight is 335 g/mol. The molecule has 1 heterocycles. The lowest BCUT2D eigenvalue weighted by atomic mass is 9.99. The smallest absolute Gasteiger partial charge is 0.253 e. The zero-order valence-electron chi connectivity index (χ0n) is 10.00. The van der Waals surface area contributed by atoms with Crippen molar-refractivity contribution in [3.05, 3.63) is 34.6 Å². The number of piperidine rings is 1. The van der Waals surface area contributed by atoms with Gasteiger partial charge in [0.25, 0.3) is 5.91 Å². The fraction of sp³-hybridized carbons (Fsp3) is 0.462. The van der Waals surface area contributed by atoms with Gasteiger partial charge in [-0.2, -0.15) is 0 Å². The van der Waals surface area contributed by atoms with E-state index in [-0.39, 0.29) is 10.9 Å². The van der Waals surface area contributed by atoms with Crippen molar-refractivity contribution >= 4 is 33.4 Å². The first-order valence-electron chi connectivity index (χ1n) is 5.87. The zero-order chi connectivity index (χ0) is 13.3. The number of nitrogens with zero attached hydrogens (tertiary/aromatic N) is 1. The van der Waals surface area contributed by atoms with Crippen LogP contribution in [0.1, 0.15) is 23.7 Å². The molecule has 2 nitrogen and oxygen atoms in total. The topological polar surface area (TPSA) is 20.3 Å². The van der Waals surface area contributed by atoms with Gasteiger partial charge in [-0.25, -0.2) is 4.39 Å². The van der Waals surface area contributed by atoms with Crippen LogP contribution in [0.2, 0.25) is 5.02 Å². The predicted octanol–water partition coefficient (Wildman–Crippen LogP) is 3.72. The van der Waals surface area contributed by atoms with Gasteiger partial charge in [-0.3, -0.25) is 4.79 Å². The minimum Gasteiger partial charge on any atom is -0.338 e. The highest BCUT2D eigenvalue weighted by Crippen LogP contribution is 2.25. The van der Waals surface area contributed by atoms with Crippen molar-refractivity contribution in [2.75, 3.05) is 13.1 Å². The van der Waals surface area contributed by atoms with Gasteiger partial charge in [0.1, 0.15) is 5.82 Å². The monoisotopic (exact) mass is 333 g/mol. The van der Waals surface area contributed by atoms with Gasteiger partial charge in [0.05, 0.1) is 5.02 Å². The molecule has 0 saturated carbocycles. The van der Waals surface area contributed by atoms with Crippen LogP contribution in [0.4, 0.5) is 4.39 Å². The van der Waals surface area contributed by atoms with E-state index in [1.54, 1.807) is 4.90 Å². The fourth-order valence-electron chi connectivity index (χ4n) is 2.11. The van der Waals surface area contributed by atoms with E-state index in [0.29, 0.717) is 29.4 Å². The largest absolute Gasteiger partial charge is 0.338 e. The van der Waals surface area contributed by atoms with Crippen molar-refractivity contribution in [1.82, 2.24) is 4.90 Å². The Bertz CT molecular complexity index is 468. The second kappa shape index (κ2) is 5.57. The summed E-state index contributed by atoms with van der Waals surface area (Å²) < 4.78 is 13.1. The summed E-state index contributed by atoms with van der Waals surface area (Å²) in [6, 6.07) is 4.11. The van der Waals surface area contributed by atoms with Crippen LogP contribution in [0.5, 0.6) is 0 Å². The third-order valence-electron chi connectivity index (χ3n) is 3.25. The fourth-order valence-corrected chi connectivity index (χ4v) is 2.67. The molecule has 1 amide bonds. The van der Waals surface area contributed by atoms with Gasteiger partial charge in [0.15, 0.2) is 0 Å². The molecule has 1 saturated heterocycles. The number of amides is 1. The van der Waals surface area contributed by atoms with E-state index in [2.05, 4.69) is 22.9 Å². The second-order valence-corrected chi connectivity index (χ2v) is 6.25. The van der Waals surface area contributed by atoms with Crippen molar-refractivity contribution in [2.45, 2.75) is 18.2 Å². The van der Waals surface area contributed by atoms with E-state index in [9.17, 15) is 9.18 Å². The van der Waals surface area contributed by atoms with Gasteiger partial charge >= 0.3 is 0 Å². The van der Waals surface area contributed by atoms with Crippen LogP contribution in [0.3, 0.4) is 0 Å². The lowest BCUT2D eigenvalue weighted by molar-refractivity contribution is 0.0690. The highest BCUT2D eigenvalue weighted by Gasteiger charge is 2.27. The molecule has 1 fully saturated rings. The molecular weight excluding hydrogens is 321 g/mol. The molecule has 1 aliphatic rings. The molecule has 18 heavy (non-hydrogen) atoms. The Hall–Kier alpha value is -0.610. The van der Waals surface area contributed by atoms with Gasteiger partial charge in [0.2, 0.25) is 0 Å². The molecule has 0 aliphatic carbocycles. The maximum Gasteiger partial charge on any atom is 0.253 e. The van der Waals surface area contributed by atoms with Gasteiger partial charge in [0, 0.05) is 23.5 Å². The quantitative estimate of drug-likeness (QED) is 0.717. The standard InChI is InChI=1S/C13H14BrClFNO/c1-8-7-17(5-4-10(8)14)13(18)9-2-3-12(16)11(15)6-9/h2-3,6,8,10H,4-5,7H2,1H3. The summed E-state index contributed by atoms with van der Waals surface area (Å²) in [6.45, 7) is 3.54. The number of carbonyl (C=O) groups excluding carboxylic acids is 1. The first kappa shape index (κ1) is 13.8. The van der Waals surface area contributed by atoms with Gasteiger partial charge < -0.3 is 4.90 Å². The summed E-state index contributed by atoms with van der Waals surface area (Å²) in [5, 5.41) is -0.00993. The summed E-state index contributed by atoms with van der Waals surface area (Å²) >= 11 is 9.29.